The van der Waals surface area contributed by atoms with E-state index in [1.54, 1.807) is 18.2 Å². The van der Waals surface area contributed by atoms with Crippen LogP contribution in [0, 0.1) is 5.82 Å². The first-order valence-electron chi connectivity index (χ1n) is 5.25. The Kier molecular flexibility index (Phi) is 3.72. The van der Waals surface area contributed by atoms with E-state index in [1.807, 2.05) is 0 Å². The molecule has 0 aliphatic carbocycles. The second-order valence-electron chi connectivity index (χ2n) is 3.81. The van der Waals surface area contributed by atoms with Gasteiger partial charge in [-0.3, -0.25) is 4.79 Å². The number of hydrogen-bond acceptors (Lipinski definition) is 3. The lowest BCUT2D eigenvalue weighted by Gasteiger charge is -2.04. The van der Waals surface area contributed by atoms with E-state index in [2.05, 4.69) is 20.9 Å². The molecule has 1 heterocycles. The van der Waals surface area contributed by atoms with Crippen LogP contribution in [0.3, 0.4) is 0 Å². The Hall–Kier alpha value is -1.75. The van der Waals surface area contributed by atoms with Crippen LogP contribution in [0.2, 0.25) is 0 Å². The first-order chi connectivity index (χ1) is 8.56. The highest BCUT2D eigenvalue weighted by Gasteiger charge is 2.12. The van der Waals surface area contributed by atoms with Crippen molar-refractivity contribution in [2.24, 2.45) is 0 Å². The monoisotopic (exact) mass is 308 g/mol. The number of carbonyl (C=O) groups is 1. The van der Waals surface area contributed by atoms with Gasteiger partial charge in [-0.1, -0.05) is 15.9 Å². The van der Waals surface area contributed by atoms with Crippen molar-refractivity contribution in [3.05, 3.63) is 57.9 Å². The van der Waals surface area contributed by atoms with Gasteiger partial charge in [-0.05, 0) is 35.9 Å². The van der Waals surface area contributed by atoms with Gasteiger partial charge in [-0.2, -0.15) is 0 Å². The van der Waals surface area contributed by atoms with Crippen LogP contribution in [0.1, 0.15) is 15.9 Å². The van der Waals surface area contributed by atoms with Gasteiger partial charge in [0.1, 0.15) is 11.6 Å². The van der Waals surface area contributed by atoms with E-state index in [4.69, 9.17) is 5.73 Å². The fraction of sp³-hybridized carbons (Fsp3) is 0.0769. The number of rotatable bonds is 3. The van der Waals surface area contributed by atoms with Gasteiger partial charge in [0.25, 0.3) is 0 Å². The highest BCUT2D eigenvalue weighted by molar-refractivity contribution is 9.10. The van der Waals surface area contributed by atoms with Gasteiger partial charge in [-0.25, -0.2) is 9.37 Å². The smallest absolute Gasteiger partial charge is 0.170 e. The molecule has 2 rings (SSSR count). The average Bonchev–Trinajstić information content (AvgIpc) is 2.28. The summed E-state index contributed by atoms with van der Waals surface area (Å²) in [5.74, 6) is -0.474. The van der Waals surface area contributed by atoms with E-state index in [0.717, 1.165) is 5.56 Å². The van der Waals surface area contributed by atoms with Crippen LogP contribution in [0.15, 0.2) is 41.0 Å². The van der Waals surface area contributed by atoms with Crippen molar-refractivity contribution in [3.63, 3.8) is 0 Å². The summed E-state index contributed by atoms with van der Waals surface area (Å²) in [6.45, 7) is 0. The van der Waals surface area contributed by atoms with Crippen molar-refractivity contribution in [3.8, 4) is 0 Å². The molecule has 2 aromatic rings. The van der Waals surface area contributed by atoms with Gasteiger partial charge >= 0.3 is 0 Å². The zero-order valence-corrected chi connectivity index (χ0v) is 10.9. The van der Waals surface area contributed by atoms with Crippen LogP contribution in [0.5, 0.6) is 0 Å². The van der Waals surface area contributed by atoms with E-state index in [-0.39, 0.29) is 17.8 Å². The average molecular weight is 309 g/mol. The quantitative estimate of drug-likeness (QED) is 0.887. The maximum Gasteiger partial charge on any atom is 0.170 e. The Morgan fingerprint density at radius 3 is 2.78 bits per heavy atom. The summed E-state index contributed by atoms with van der Waals surface area (Å²) in [6, 6.07) is 7.66. The van der Waals surface area contributed by atoms with Gasteiger partial charge in [-0.15, -0.1) is 0 Å². The summed E-state index contributed by atoms with van der Waals surface area (Å²) in [7, 11) is 0. The van der Waals surface area contributed by atoms with Gasteiger partial charge in [0.05, 0.1) is 5.56 Å². The van der Waals surface area contributed by atoms with Gasteiger partial charge < -0.3 is 5.73 Å². The minimum atomic E-state index is -0.531. The molecule has 0 aliphatic rings. The van der Waals surface area contributed by atoms with Gasteiger partial charge in [0.2, 0.25) is 0 Å². The summed E-state index contributed by atoms with van der Waals surface area (Å²) in [5, 5.41) is 0. The number of hydrogen-bond donors (Lipinski definition) is 1. The van der Waals surface area contributed by atoms with Crippen molar-refractivity contribution in [1.29, 1.82) is 0 Å². The Morgan fingerprint density at radius 2 is 2.11 bits per heavy atom. The summed E-state index contributed by atoms with van der Waals surface area (Å²) in [6.07, 6.45) is 1.63. The molecule has 1 aromatic heterocycles. The number of halogens is 2. The third kappa shape index (κ3) is 2.92. The van der Waals surface area contributed by atoms with Gasteiger partial charge in [0.15, 0.2) is 5.78 Å². The second kappa shape index (κ2) is 5.27. The molecule has 0 atom stereocenters. The molecule has 3 nitrogen and oxygen atoms in total. The number of carbonyl (C=O) groups excluding carboxylic acids is 1. The Labute approximate surface area is 112 Å². The molecule has 2 N–H and O–H groups in total. The lowest BCUT2D eigenvalue weighted by Crippen LogP contribution is -2.06. The number of anilines is 1. The molecule has 0 radical (unpaired) electrons. The third-order valence-electron chi connectivity index (χ3n) is 2.44. The molecule has 0 bridgehead atoms. The highest BCUT2D eigenvalue weighted by atomic mass is 79.9. The Balaban J connectivity index is 2.22. The largest absolute Gasteiger partial charge is 0.384 e. The first-order valence-corrected chi connectivity index (χ1v) is 6.04. The van der Waals surface area contributed by atoms with Crippen molar-refractivity contribution < 1.29 is 9.18 Å². The minimum Gasteiger partial charge on any atom is -0.384 e. The molecule has 0 saturated heterocycles. The predicted molar refractivity (Wildman–Crippen MR) is 70.8 cm³/mol. The van der Waals surface area contributed by atoms with E-state index in [0.29, 0.717) is 10.3 Å². The third-order valence-corrected chi connectivity index (χ3v) is 2.93. The molecule has 1 aromatic carbocycles. The zero-order chi connectivity index (χ0) is 13.1. The lowest BCUT2D eigenvalue weighted by atomic mass is 10.0. The predicted octanol–water partition coefficient (Wildman–Crippen LogP) is 2.99. The number of Topliss-reactive ketones (excluding diaryl/α,β-unsaturated/α-hetero) is 1. The molecule has 0 amide bonds. The summed E-state index contributed by atoms with van der Waals surface area (Å²) >= 11 is 3.15. The number of nitrogens with two attached hydrogens (primary N) is 1. The van der Waals surface area contributed by atoms with E-state index >= 15 is 0 Å². The lowest BCUT2D eigenvalue weighted by molar-refractivity contribution is 0.0989. The van der Waals surface area contributed by atoms with Crippen LogP contribution >= 0.6 is 15.9 Å². The number of nitrogen functional groups attached to an aromatic ring is 1. The normalized spacial score (nSPS) is 10.3. The number of ketones is 1. The molecule has 0 fully saturated rings. The zero-order valence-electron chi connectivity index (χ0n) is 9.36. The fourth-order valence-electron chi connectivity index (χ4n) is 1.60. The van der Waals surface area contributed by atoms with E-state index < -0.39 is 5.82 Å². The topological polar surface area (TPSA) is 56.0 Å². The van der Waals surface area contributed by atoms with Crippen molar-refractivity contribution >= 4 is 27.5 Å². The molecule has 0 saturated carbocycles. The van der Waals surface area contributed by atoms with Crippen molar-refractivity contribution in [2.45, 2.75) is 6.42 Å². The summed E-state index contributed by atoms with van der Waals surface area (Å²) < 4.78 is 14.2. The molecular formula is C13H10BrFN2O. The van der Waals surface area contributed by atoms with Crippen LogP contribution in [-0.4, -0.2) is 10.8 Å². The molecule has 0 unspecified atom stereocenters. The van der Waals surface area contributed by atoms with Crippen molar-refractivity contribution in [2.75, 3.05) is 5.73 Å². The first kappa shape index (κ1) is 12.7. The standard InChI is InChI=1S/C13H10BrFN2O/c14-9-1-2-10(11(15)7-9)12(18)5-8-3-4-17-13(16)6-8/h1-4,6-7H,5H2,(H2,16,17). The summed E-state index contributed by atoms with van der Waals surface area (Å²) in [4.78, 5) is 15.8. The number of benzene rings is 1. The van der Waals surface area contributed by atoms with Gasteiger partial charge in [0, 0.05) is 17.1 Å². The SMILES string of the molecule is Nc1cc(CC(=O)c2ccc(Br)cc2F)ccn1. The fourth-order valence-corrected chi connectivity index (χ4v) is 1.93. The summed E-state index contributed by atoms with van der Waals surface area (Å²) in [5.41, 5.74) is 6.31. The maximum absolute atomic E-state index is 13.6. The minimum absolute atomic E-state index is 0.0774. The van der Waals surface area contributed by atoms with Crippen LogP contribution in [0.4, 0.5) is 10.2 Å². The van der Waals surface area contributed by atoms with Crippen LogP contribution < -0.4 is 5.73 Å². The maximum atomic E-state index is 13.6. The second-order valence-corrected chi connectivity index (χ2v) is 4.73. The molecule has 5 heteroatoms. The Morgan fingerprint density at radius 1 is 1.33 bits per heavy atom. The number of pyridine rings is 1. The van der Waals surface area contributed by atoms with Crippen LogP contribution in [-0.2, 0) is 6.42 Å². The number of nitrogens with zero attached hydrogens (tertiary/aromatic N) is 1. The van der Waals surface area contributed by atoms with Crippen molar-refractivity contribution in [1.82, 2.24) is 4.98 Å². The van der Waals surface area contributed by atoms with E-state index in [9.17, 15) is 9.18 Å². The van der Waals surface area contributed by atoms with Crippen LogP contribution in [0.25, 0.3) is 0 Å². The molecular weight excluding hydrogens is 299 g/mol. The number of aromatic nitrogens is 1. The molecule has 0 aliphatic heterocycles. The molecule has 18 heavy (non-hydrogen) atoms. The highest BCUT2D eigenvalue weighted by Crippen LogP contribution is 2.17. The van der Waals surface area contributed by atoms with E-state index in [1.165, 1.54) is 18.3 Å². The molecule has 0 spiro atoms. The molecule has 92 valence electrons. The Bertz CT molecular complexity index is 601.